The number of hydrogen-bond acceptors (Lipinski definition) is 4. The summed E-state index contributed by atoms with van der Waals surface area (Å²) in [4.78, 5) is 14.2. The molecule has 1 aliphatic carbocycles. The third-order valence-electron chi connectivity index (χ3n) is 4.29. The summed E-state index contributed by atoms with van der Waals surface area (Å²) in [5, 5.41) is 12.6. The van der Waals surface area contributed by atoms with E-state index in [1.807, 2.05) is 19.0 Å². The Bertz CT molecular complexity index is 562. The summed E-state index contributed by atoms with van der Waals surface area (Å²) >= 11 is 0. The van der Waals surface area contributed by atoms with Crippen molar-refractivity contribution in [2.75, 3.05) is 27.2 Å². The molecule has 7 heteroatoms. The average molecular weight is 328 g/mol. The summed E-state index contributed by atoms with van der Waals surface area (Å²) in [7, 11) is 3.72. The highest BCUT2D eigenvalue weighted by Gasteiger charge is 2.45. The average Bonchev–Trinajstić information content (AvgIpc) is 2.44. The predicted molar refractivity (Wildman–Crippen MR) is 81.1 cm³/mol. The lowest BCUT2D eigenvalue weighted by molar-refractivity contribution is -0.137. The van der Waals surface area contributed by atoms with Crippen LogP contribution in [-0.2, 0) is 4.79 Å². The number of aliphatic hydroxyl groups is 1. The van der Waals surface area contributed by atoms with Gasteiger partial charge in [-0.3, -0.25) is 9.69 Å². The first-order chi connectivity index (χ1) is 10.8. The highest BCUT2D eigenvalue weighted by molar-refractivity contribution is 5.87. The summed E-state index contributed by atoms with van der Waals surface area (Å²) in [6.07, 6.45) is 1.67. The van der Waals surface area contributed by atoms with E-state index in [-0.39, 0.29) is 24.8 Å². The van der Waals surface area contributed by atoms with Gasteiger partial charge in [0.25, 0.3) is 0 Å². The first kappa shape index (κ1) is 17.6. The highest BCUT2D eigenvalue weighted by atomic mass is 19.2. The molecular weight excluding hydrogens is 306 g/mol. The first-order valence-corrected chi connectivity index (χ1v) is 7.57. The topological polar surface area (TPSA) is 61.8 Å². The quantitative estimate of drug-likeness (QED) is 0.792. The molecule has 2 N–H and O–H groups in total. The van der Waals surface area contributed by atoms with Gasteiger partial charge in [-0.15, -0.1) is 0 Å². The van der Waals surface area contributed by atoms with Crippen LogP contribution in [0.2, 0.25) is 0 Å². The summed E-state index contributed by atoms with van der Waals surface area (Å²) in [6, 6.07) is 3.14. The zero-order valence-electron chi connectivity index (χ0n) is 13.3. The van der Waals surface area contributed by atoms with Crippen molar-refractivity contribution >= 4 is 5.91 Å². The van der Waals surface area contributed by atoms with Crippen LogP contribution in [-0.4, -0.2) is 54.8 Å². The summed E-state index contributed by atoms with van der Waals surface area (Å²) in [5.41, 5.74) is -0.485. The molecule has 1 fully saturated rings. The minimum absolute atomic E-state index is 0.0398. The van der Waals surface area contributed by atoms with Crippen LogP contribution in [0.25, 0.3) is 0 Å². The number of hydrogen-bond donors (Lipinski definition) is 2. The van der Waals surface area contributed by atoms with Gasteiger partial charge in [0.05, 0.1) is 5.54 Å². The van der Waals surface area contributed by atoms with Crippen LogP contribution < -0.4 is 10.1 Å². The van der Waals surface area contributed by atoms with E-state index in [1.54, 1.807) is 0 Å². The standard InChI is InChI=1S/C16H22F2N2O3/c1-20(2)16(6-3-7-16)15(22)19-9-11(21)10-23-12-4-5-13(17)14(18)8-12/h4-5,8,11,21H,3,6-7,9-10H2,1-2H3,(H,19,22). The van der Waals surface area contributed by atoms with E-state index in [0.717, 1.165) is 31.4 Å². The van der Waals surface area contributed by atoms with Crippen LogP contribution in [0.1, 0.15) is 19.3 Å². The van der Waals surface area contributed by atoms with E-state index in [9.17, 15) is 18.7 Å². The molecule has 1 unspecified atom stereocenters. The predicted octanol–water partition coefficient (Wildman–Crippen LogP) is 1.30. The fourth-order valence-electron chi connectivity index (χ4n) is 2.58. The van der Waals surface area contributed by atoms with Crippen molar-refractivity contribution < 1.29 is 23.4 Å². The minimum atomic E-state index is -1.01. The number of nitrogens with zero attached hydrogens (tertiary/aromatic N) is 1. The van der Waals surface area contributed by atoms with Crippen molar-refractivity contribution in [3.05, 3.63) is 29.8 Å². The molecule has 0 heterocycles. The van der Waals surface area contributed by atoms with Gasteiger partial charge in [0, 0.05) is 12.6 Å². The van der Waals surface area contributed by atoms with Crippen LogP contribution in [0.15, 0.2) is 18.2 Å². The Morgan fingerprint density at radius 2 is 2.09 bits per heavy atom. The molecule has 1 aromatic carbocycles. The number of amides is 1. The Morgan fingerprint density at radius 3 is 2.61 bits per heavy atom. The van der Waals surface area contributed by atoms with Gasteiger partial charge in [-0.05, 0) is 45.5 Å². The number of carbonyl (C=O) groups excluding carboxylic acids is 1. The maximum absolute atomic E-state index is 13.0. The fourth-order valence-corrected chi connectivity index (χ4v) is 2.58. The molecule has 128 valence electrons. The first-order valence-electron chi connectivity index (χ1n) is 7.57. The molecule has 1 aromatic rings. The van der Waals surface area contributed by atoms with Crippen LogP contribution in [0.5, 0.6) is 5.75 Å². The lowest BCUT2D eigenvalue weighted by Crippen LogP contribution is -2.61. The monoisotopic (exact) mass is 328 g/mol. The van der Waals surface area contributed by atoms with Crippen LogP contribution in [0.3, 0.4) is 0 Å². The second-order valence-corrected chi connectivity index (χ2v) is 6.03. The summed E-state index contributed by atoms with van der Waals surface area (Å²) < 4.78 is 31.0. The van der Waals surface area contributed by atoms with Crippen molar-refractivity contribution in [2.45, 2.75) is 30.9 Å². The van der Waals surface area contributed by atoms with Crippen molar-refractivity contribution in [3.8, 4) is 5.75 Å². The molecule has 1 aliphatic rings. The van der Waals surface area contributed by atoms with E-state index < -0.39 is 23.3 Å². The molecule has 0 saturated heterocycles. The Labute approximate surface area is 134 Å². The third-order valence-corrected chi connectivity index (χ3v) is 4.29. The lowest BCUT2D eigenvalue weighted by atomic mass is 9.75. The minimum Gasteiger partial charge on any atom is -0.491 e. The van der Waals surface area contributed by atoms with E-state index in [4.69, 9.17) is 4.74 Å². The molecule has 0 radical (unpaired) electrons. The number of halogens is 2. The van der Waals surface area contributed by atoms with Gasteiger partial charge >= 0.3 is 0 Å². The SMILES string of the molecule is CN(C)C1(C(=O)NCC(O)COc2ccc(F)c(F)c2)CCC1. The number of ether oxygens (including phenoxy) is 1. The number of aliphatic hydroxyl groups excluding tert-OH is 1. The number of benzene rings is 1. The number of carbonyl (C=O) groups is 1. The van der Waals surface area contributed by atoms with Gasteiger partial charge in [0.1, 0.15) is 18.5 Å². The second-order valence-electron chi connectivity index (χ2n) is 6.03. The van der Waals surface area contributed by atoms with Gasteiger partial charge in [-0.1, -0.05) is 0 Å². The largest absolute Gasteiger partial charge is 0.491 e. The number of nitrogens with one attached hydrogen (secondary N) is 1. The third kappa shape index (κ3) is 3.97. The molecule has 1 atom stereocenters. The van der Waals surface area contributed by atoms with Gasteiger partial charge < -0.3 is 15.2 Å². The molecule has 5 nitrogen and oxygen atoms in total. The molecule has 0 bridgehead atoms. The van der Waals surface area contributed by atoms with E-state index in [1.165, 1.54) is 6.07 Å². The Hall–Kier alpha value is -1.73. The molecular formula is C16H22F2N2O3. The van der Waals surface area contributed by atoms with Crippen molar-refractivity contribution in [1.82, 2.24) is 10.2 Å². The Morgan fingerprint density at radius 1 is 1.39 bits per heavy atom. The lowest BCUT2D eigenvalue weighted by Gasteiger charge is -2.45. The smallest absolute Gasteiger partial charge is 0.240 e. The maximum Gasteiger partial charge on any atom is 0.240 e. The normalized spacial score (nSPS) is 17.5. The van der Waals surface area contributed by atoms with E-state index >= 15 is 0 Å². The van der Waals surface area contributed by atoms with E-state index in [0.29, 0.717) is 0 Å². The summed E-state index contributed by atoms with van der Waals surface area (Å²) in [6.45, 7) is -0.0849. The second kappa shape index (κ2) is 7.23. The van der Waals surface area contributed by atoms with Crippen molar-refractivity contribution in [2.24, 2.45) is 0 Å². The van der Waals surface area contributed by atoms with Crippen LogP contribution >= 0.6 is 0 Å². The van der Waals surface area contributed by atoms with Crippen LogP contribution in [0.4, 0.5) is 8.78 Å². The van der Waals surface area contributed by atoms with Gasteiger partial charge in [0.2, 0.25) is 5.91 Å². The molecule has 1 saturated carbocycles. The Balaban J connectivity index is 1.77. The van der Waals surface area contributed by atoms with Gasteiger partial charge in [-0.25, -0.2) is 8.78 Å². The molecule has 1 amide bonds. The molecule has 0 aliphatic heterocycles. The molecule has 0 aromatic heterocycles. The summed E-state index contributed by atoms with van der Waals surface area (Å²) in [5.74, 6) is -1.96. The van der Waals surface area contributed by atoms with Gasteiger partial charge in [0.15, 0.2) is 11.6 Å². The fraction of sp³-hybridized carbons (Fsp3) is 0.562. The Kier molecular flexibility index (Phi) is 5.54. The number of rotatable bonds is 7. The number of likely N-dealkylation sites (N-methyl/N-ethyl adjacent to an activating group) is 1. The maximum atomic E-state index is 13.0. The molecule has 2 rings (SSSR count). The van der Waals surface area contributed by atoms with Crippen molar-refractivity contribution in [1.29, 1.82) is 0 Å². The molecule has 23 heavy (non-hydrogen) atoms. The molecule has 0 spiro atoms. The van der Waals surface area contributed by atoms with E-state index in [2.05, 4.69) is 5.32 Å². The highest BCUT2D eigenvalue weighted by Crippen LogP contribution is 2.36. The van der Waals surface area contributed by atoms with Crippen LogP contribution in [0, 0.1) is 11.6 Å². The zero-order chi connectivity index (χ0) is 17.0. The van der Waals surface area contributed by atoms with Crippen molar-refractivity contribution in [3.63, 3.8) is 0 Å². The van der Waals surface area contributed by atoms with Gasteiger partial charge in [-0.2, -0.15) is 0 Å². The zero-order valence-corrected chi connectivity index (χ0v) is 13.3.